The summed E-state index contributed by atoms with van der Waals surface area (Å²) in [7, 11) is -0.401. The number of para-hydroxylation sites is 4. The fourth-order valence-corrected chi connectivity index (χ4v) is 4.40. The van der Waals surface area contributed by atoms with Gasteiger partial charge in [0.1, 0.15) is 0 Å². The third-order valence-electron chi connectivity index (χ3n) is 6.76. The maximum absolute atomic E-state index is 6.29. The quantitative estimate of drug-likeness (QED) is 0.396. The van der Waals surface area contributed by atoms with E-state index in [1.807, 2.05) is 6.07 Å². The molecular weight excluding hydrogens is 385 g/mol. The Hall–Kier alpha value is -3.09. The van der Waals surface area contributed by atoms with Crippen LogP contribution in [-0.2, 0) is 9.31 Å². The van der Waals surface area contributed by atoms with Gasteiger partial charge in [-0.3, -0.25) is 8.97 Å². The van der Waals surface area contributed by atoms with Crippen LogP contribution in [0.4, 0.5) is 0 Å². The van der Waals surface area contributed by atoms with E-state index in [0.29, 0.717) is 0 Å². The minimum absolute atomic E-state index is 0.373. The molecule has 0 N–H and O–H groups in total. The summed E-state index contributed by atoms with van der Waals surface area (Å²) >= 11 is 0. The minimum atomic E-state index is -0.401. The molecule has 5 aromatic rings. The maximum atomic E-state index is 6.29. The van der Waals surface area contributed by atoms with Crippen LogP contribution in [0.2, 0.25) is 0 Å². The first-order valence-electron chi connectivity index (χ1n) is 10.7. The summed E-state index contributed by atoms with van der Waals surface area (Å²) in [4.78, 5) is 4.97. The number of nitrogens with zero attached hydrogens (tertiary/aromatic N) is 3. The van der Waals surface area contributed by atoms with Crippen LogP contribution in [0.5, 0.6) is 0 Å². The zero-order valence-corrected chi connectivity index (χ0v) is 18.2. The molecule has 1 aliphatic heterocycles. The van der Waals surface area contributed by atoms with E-state index < -0.39 is 7.12 Å². The molecule has 1 fully saturated rings. The Labute approximate surface area is 181 Å². The monoisotopic (exact) mass is 409 g/mol. The fraction of sp³-hybridized carbons (Fsp3) is 0.240. The lowest BCUT2D eigenvalue weighted by Gasteiger charge is -2.32. The van der Waals surface area contributed by atoms with Gasteiger partial charge in [0.2, 0.25) is 5.78 Å². The van der Waals surface area contributed by atoms with Gasteiger partial charge < -0.3 is 9.31 Å². The lowest BCUT2D eigenvalue weighted by Crippen LogP contribution is -2.41. The molecule has 0 spiro atoms. The van der Waals surface area contributed by atoms with Gasteiger partial charge in [0.25, 0.3) is 0 Å². The van der Waals surface area contributed by atoms with Crippen molar-refractivity contribution in [2.24, 2.45) is 0 Å². The number of fused-ring (bicyclic) bond motifs is 5. The highest BCUT2D eigenvalue weighted by Gasteiger charge is 2.51. The molecule has 31 heavy (non-hydrogen) atoms. The van der Waals surface area contributed by atoms with E-state index in [-0.39, 0.29) is 11.2 Å². The second-order valence-corrected chi connectivity index (χ2v) is 9.24. The Morgan fingerprint density at radius 2 is 1.39 bits per heavy atom. The van der Waals surface area contributed by atoms with Gasteiger partial charge >= 0.3 is 7.12 Å². The highest BCUT2D eigenvalue weighted by atomic mass is 16.7. The molecule has 0 bridgehead atoms. The molecule has 0 unspecified atom stereocenters. The van der Waals surface area contributed by atoms with E-state index >= 15 is 0 Å². The van der Waals surface area contributed by atoms with Crippen molar-refractivity contribution in [2.75, 3.05) is 0 Å². The van der Waals surface area contributed by atoms with Gasteiger partial charge in [-0.05, 0) is 69.6 Å². The number of aromatic nitrogens is 3. The topological polar surface area (TPSA) is 40.7 Å². The molecule has 0 saturated carbocycles. The van der Waals surface area contributed by atoms with Gasteiger partial charge in [0, 0.05) is 5.69 Å². The maximum Gasteiger partial charge on any atom is 0.494 e. The Bertz CT molecular complexity index is 1450. The third kappa shape index (κ3) is 2.62. The van der Waals surface area contributed by atoms with Crippen molar-refractivity contribution in [3.8, 4) is 5.69 Å². The van der Waals surface area contributed by atoms with Crippen LogP contribution in [0.3, 0.4) is 0 Å². The van der Waals surface area contributed by atoms with Crippen LogP contribution in [0.15, 0.2) is 72.8 Å². The Morgan fingerprint density at radius 1 is 0.742 bits per heavy atom. The Kier molecular flexibility index (Phi) is 3.74. The molecule has 5 nitrogen and oxygen atoms in total. The van der Waals surface area contributed by atoms with Crippen molar-refractivity contribution in [3.05, 3.63) is 72.8 Å². The van der Waals surface area contributed by atoms with E-state index in [1.165, 1.54) is 0 Å². The molecule has 3 heterocycles. The van der Waals surface area contributed by atoms with Crippen LogP contribution in [0, 0.1) is 0 Å². The van der Waals surface area contributed by atoms with E-state index in [4.69, 9.17) is 14.3 Å². The molecule has 0 amide bonds. The zero-order chi connectivity index (χ0) is 21.4. The summed E-state index contributed by atoms with van der Waals surface area (Å²) < 4.78 is 17.0. The lowest BCUT2D eigenvalue weighted by atomic mass is 9.79. The molecule has 0 atom stereocenters. The van der Waals surface area contributed by atoms with Gasteiger partial charge in [-0.25, -0.2) is 4.98 Å². The van der Waals surface area contributed by atoms with Crippen LogP contribution < -0.4 is 5.46 Å². The van der Waals surface area contributed by atoms with Crippen molar-refractivity contribution in [1.82, 2.24) is 14.0 Å². The van der Waals surface area contributed by atoms with Crippen LogP contribution >= 0.6 is 0 Å². The van der Waals surface area contributed by atoms with Crippen molar-refractivity contribution in [3.63, 3.8) is 0 Å². The van der Waals surface area contributed by atoms with E-state index in [9.17, 15) is 0 Å². The second kappa shape index (κ2) is 6.22. The van der Waals surface area contributed by atoms with E-state index in [2.05, 4.69) is 103 Å². The first-order chi connectivity index (χ1) is 14.9. The minimum Gasteiger partial charge on any atom is -0.399 e. The van der Waals surface area contributed by atoms with Crippen molar-refractivity contribution >= 4 is 40.4 Å². The summed E-state index contributed by atoms with van der Waals surface area (Å²) in [6, 6.07) is 25.1. The molecule has 0 radical (unpaired) electrons. The Balaban J connectivity index is 1.57. The molecule has 6 rings (SSSR count). The summed E-state index contributed by atoms with van der Waals surface area (Å²) in [5, 5.41) is 0. The highest BCUT2D eigenvalue weighted by molar-refractivity contribution is 6.62. The van der Waals surface area contributed by atoms with Crippen molar-refractivity contribution in [1.29, 1.82) is 0 Å². The van der Waals surface area contributed by atoms with E-state index in [0.717, 1.165) is 39.0 Å². The van der Waals surface area contributed by atoms with Crippen LogP contribution in [-0.4, -0.2) is 32.3 Å². The molecular formula is C25H24BN3O2. The largest absolute Gasteiger partial charge is 0.494 e. The van der Waals surface area contributed by atoms with Gasteiger partial charge in [-0.1, -0.05) is 36.4 Å². The van der Waals surface area contributed by atoms with Gasteiger partial charge in [-0.15, -0.1) is 0 Å². The normalized spacial score (nSPS) is 17.9. The van der Waals surface area contributed by atoms with Crippen molar-refractivity contribution < 1.29 is 9.31 Å². The second-order valence-electron chi connectivity index (χ2n) is 9.24. The average molecular weight is 409 g/mol. The smallest absolute Gasteiger partial charge is 0.399 e. The number of rotatable bonds is 2. The number of imidazole rings is 2. The molecule has 2 aromatic heterocycles. The number of hydrogen-bond donors (Lipinski definition) is 0. The van der Waals surface area contributed by atoms with Gasteiger partial charge in [0.05, 0.1) is 33.3 Å². The summed E-state index contributed by atoms with van der Waals surface area (Å²) in [5.41, 5.74) is 5.63. The highest BCUT2D eigenvalue weighted by Crippen LogP contribution is 2.36. The van der Waals surface area contributed by atoms with Gasteiger partial charge in [-0.2, -0.15) is 0 Å². The third-order valence-corrected chi connectivity index (χ3v) is 6.76. The molecule has 6 heteroatoms. The lowest BCUT2D eigenvalue weighted by molar-refractivity contribution is 0.00578. The molecule has 3 aromatic carbocycles. The predicted octanol–water partition coefficient (Wildman–Crippen LogP) is 4.73. The van der Waals surface area contributed by atoms with Crippen LogP contribution in [0.1, 0.15) is 27.7 Å². The molecule has 1 aliphatic rings. The first-order valence-corrected chi connectivity index (χ1v) is 10.7. The van der Waals surface area contributed by atoms with Crippen LogP contribution in [0.25, 0.3) is 33.5 Å². The standard InChI is InChI=1S/C25H24BN3O2/c1-24(2)25(3,4)31-26(30-24)17-10-9-11-18(16-17)28-21-14-7-8-15-22(21)29-20-13-6-5-12-19(20)27-23(28)29/h5-16H,1-4H3. The van der Waals surface area contributed by atoms with Crippen molar-refractivity contribution in [2.45, 2.75) is 38.9 Å². The molecule has 154 valence electrons. The SMILES string of the molecule is CC1(C)OB(c2cccc(-n3c4ccccc4n4c5ccccc5nc34)c2)OC1(C)C. The number of benzene rings is 3. The first kappa shape index (κ1) is 18.7. The average Bonchev–Trinajstić information content (AvgIpc) is 3.34. The fourth-order valence-electron chi connectivity index (χ4n) is 4.40. The van der Waals surface area contributed by atoms with Gasteiger partial charge in [0.15, 0.2) is 0 Å². The number of hydrogen-bond acceptors (Lipinski definition) is 3. The van der Waals surface area contributed by atoms with E-state index in [1.54, 1.807) is 0 Å². The summed E-state index contributed by atoms with van der Waals surface area (Å²) in [5.74, 6) is 0.897. The summed E-state index contributed by atoms with van der Waals surface area (Å²) in [6.45, 7) is 8.32. The predicted molar refractivity (Wildman–Crippen MR) is 125 cm³/mol. The molecule has 1 saturated heterocycles. The summed E-state index contributed by atoms with van der Waals surface area (Å²) in [6.07, 6.45) is 0. The molecule has 0 aliphatic carbocycles. The Morgan fingerprint density at radius 3 is 2.13 bits per heavy atom. The zero-order valence-electron chi connectivity index (χ0n) is 18.2.